The predicted octanol–water partition coefficient (Wildman–Crippen LogP) is 4.23. The lowest BCUT2D eigenvalue weighted by Gasteiger charge is -2.27. The maximum absolute atomic E-state index is 12.9. The highest BCUT2D eigenvalue weighted by Crippen LogP contribution is 2.23. The van der Waals surface area contributed by atoms with Crippen molar-refractivity contribution in [2.24, 2.45) is 0 Å². The van der Waals surface area contributed by atoms with E-state index in [1.54, 1.807) is 36.1 Å². The third-order valence-electron chi connectivity index (χ3n) is 5.36. The summed E-state index contributed by atoms with van der Waals surface area (Å²) in [6.07, 6.45) is -0.732. The van der Waals surface area contributed by atoms with E-state index in [1.165, 1.54) is 0 Å². The zero-order valence-electron chi connectivity index (χ0n) is 18.0. The maximum Gasteiger partial charge on any atom is 0.265 e. The van der Waals surface area contributed by atoms with E-state index >= 15 is 0 Å². The smallest absolute Gasteiger partial charge is 0.265 e. The monoisotopic (exact) mass is 430 g/mol. The molecule has 32 heavy (non-hydrogen) atoms. The average molecular weight is 431 g/mol. The minimum Gasteiger partial charge on any atom is -0.481 e. The summed E-state index contributed by atoms with van der Waals surface area (Å²) in [5.74, 6) is 0.165. The van der Waals surface area contributed by atoms with E-state index in [2.05, 4.69) is 5.32 Å². The van der Waals surface area contributed by atoms with Crippen LogP contribution in [0.5, 0.6) is 5.75 Å². The van der Waals surface area contributed by atoms with E-state index in [9.17, 15) is 9.59 Å². The van der Waals surface area contributed by atoms with Crippen molar-refractivity contribution in [2.75, 3.05) is 31.6 Å². The first-order valence-electron chi connectivity index (χ1n) is 10.7. The van der Waals surface area contributed by atoms with Crippen LogP contribution in [0.2, 0.25) is 0 Å². The third kappa shape index (κ3) is 5.15. The second kappa shape index (κ2) is 10.1. The van der Waals surface area contributed by atoms with E-state index in [1.807, 2.05) is 54.6 Å². The molecular formula is C26H26N2O4. The molecule has 1 unspecified atom stereocenters. The maximum atomic E-state index is 12.9. The minimum absolute atomic E-state index is 0.116. The third-order valence-corrected chi connectivity index (χ3v) is 5.36. The molecule has 6 heteroatoms. The lowest BCUT2D eigenvalue weighted by atomic mass is 10.1. The highest BCUT2D eigenvalue weighted by atomic mass is 16.5. The van der Waals surface area contributed by atoms with E-state index in [-0.39, 0.29) is 11.8 Å². The molecule has 0 bridgehead atoms. The Morgan fingerprint density at radius 1 is 0.875 bits per heavy atom. The minimum atomic E-state index is -0.732. The zero-order chi connectivity index (χ0) is 22.3. The summed E-state index contributed by atoms with van der Waals surface area (Å²) in [6.45, 7) is 3.81. The molecule has 0 aromatic heterocycles. The number of carbonyl (C=O) groups is 2. The Morgan fingerprint density at radius 2 is 1.50 bits per heavy atom. The highest BCUT2D eigenvalue weighted by Gasteiger charge is 2.23. The molecule has 1 atom stereocenters. The van der Waals surface area contributed by atoms with Crippen molar-refractivity contribution >= 4 is 17.5 Å². The van der Waals surface area contributed by atoms with Crippen molar-refractivity contribution in [1.29, 1.82) is 0 Å². The highest BCUT2D eigenvalue weighted by molar-refractivity contribution is 6.04. The summed E-state index contributed by atoms with van der Waals surface area (Å²) >= 11 is 0. The molecule has 1 heterocycles. The van der Waals surface area contributed by atoms with Crippen molar-refractivity contribution in [3.8, 4) is 16.9 Å². The second-order valence-electron chi connectivity index (χ2n) is 7.59. The van der Waals surface area contributed by atoms with Crippen LogP contribution in [-0.4, -0.2) is 49.1 Å². The Hall–Kier alpha value is -3.64. The SMILES string of the molecule is CC(Oc1ccc(-c2ccccc2)cc1)C(=O)Nc1ccccc1C(=O)N1CCOCC1. The van der Waals surface area contributed by atoms with Crippen LogP contribution in [0.1, 0.15) is 17.3 Å². The molecule has 6 nitrogen and oxygen atoms in total. The van der Waals surface area contributed by atoms with Gasteiger partial charge in [-0.2, -0.15) is 0 Å². The van der Waals surface area contributed by atoms with Gasteiger partial charge in [0.2, 0.25) is 0 Å². The molecule has 1 saturated heterocycles. The number of hydrogen-bond acceptors (Lipinski definition) is 4. The molecule has 4 rings (SSSR count). The number of carbonyl (C=O) groups excluding carboxylic acids is 2. The van der Waals surface area contributed by atoms with Crippen molar-refractivity contribution in [3.63, 3.8) is 0 Å². The average Bonchev–Trinajstić information content (AvgIpc) is 2.85. The normalized spacial score (nSPS) is 14.5. The molecule has 0 aliphatic carbocycles. The number of rotatable bonds is 6. The molecule has 1 aliphatic rings. The van der Waals surface area contributed by atoms with Gasteiger partial charge in [-0.15, -0.1) is 0 Å². The first-order chi connectivity index (χ1) is 15.6. The molecule has 1 N–H and O–H groups in total. The summed E-state index contributed by atoms with van der Waals surface area (Å²) in [5, 5.41) is 2.85. The molecule has 164 valence electrons. The summed E-state index contributed by atoms with van der Waals surface area (Å²) in [5.41, 5.74) is 3.13. The topological polar surface area (TPSA) is 67.9 Å². The van der Waals surface area contributed by atoms with E-state index in [0.717, 1.165) is 11.1 Å². The quantitative estimate of drug-likeness (QED) is 0.635. The van der Waals surface area contributed by atoms with Gasteiger partial charge in [-0.25, -0.2) is 0 Å². The van der Waals surface area contributed by atoms with Gasteiger partial charge in [0.25, 0.3) is 11.8 Å². The molecule has 0 radical (unpaired) electrons. The fourth-order valence-electron chi connectivity index (χ4n) is 3.56. The summed E-state index contributed by atoms with van der Waals surface area (Å²) < 4.78 is 11.2. The van der Waals surface area contributed by atoms with Crippen molar-refractivity contribution in [2.45, 2.75) is 13.0 Å². The standard InChI is InChI=1S/C26H26N2O4/c1-19(32-22-13-11-21(12-14-22)20-7-3-2-4-8-20)25(29)27-24-10-6-5-9-23(24)26(30)28-15-17-31-18-16-28/h2-14,19H,15-18H2,1H3,(H,27,29). The first kappa shape index (κ1) is 21.6. The van der Waals surface area contributed by atoms with Crippen LogP contribution in [0.15, 0.2) is 78.9 Å². The first-order valence-corrected chi connectivity index (χ1v) is 10.7. The number of nitrogens with zero attached hydrogens (tertiary/aromatic N) is 1. The van der Waals surface area contributed by atoms with Gasteiger partial charge in [-0.1, -0.05) is 54.6 Å². The Bertz CT molecular complexity index is 1060. The van der Waals surface area contributed by atoms with Gasteiger partial charge >= 0.3 is 0 Å². The predicted molar refractivity (Wildman–Crippen MR) is 124 cm³/mol. The molecular weight excluding hydrogens is 404 g/mol. The zero-order valence-corrected chi connectivity index (χ0v) is 18.0. The van der Waals surface area contributed by atoms with Crippen molar-refractivity contribution < 1.29 is 19.1 Å². The van der Waals surface area contributed by atoms with Gasteiger partial charge in [0.15, 0.2) is 6.10 Å². The van der Waals surface area contributed by atoms with Gasteiger partial charge in [0, 0.05) is 13.1 Å². The Balaban J connectivity index is 1.40. The summed E-state index contributed by atoms with van der Waals surface area (Å²) in [4.78, 5) is 27.4. The van der Waals surface area contributed by atoms with Gasteiger partial charge in [-0.05, 0) is 42.3 Å². The number of amides is 2. The van der Waals surface area contributed by atoms with Gasteiger partial charge < -0.3 is 19.7 Å². The fraction of sp³-hybridized carbons (Fsp3) is 0.231. The van der Waals surface area contributed by atoms with Crippen molar-refractivity contribution in [1.82, 2.24) is 4.90 Å². The molecule has 0 saturated carbocycles. The van der Waals surface area contributed by atoms with Crippen LogP contribution in [0, 0.1) is 0 Å². The van der Waals surface area contributed by atoms with Crippen LogP contribution >= 0.6 is 0 Å². The van der Waals surface area contributed by atoms with Crippen molar-refractivity contribution in [3.05, 3.63) is 84.4 Å². The fourth-order valence-corrected chi connectivity index (χ4v) is 3.56. The second-order valence-corrected chi connectivity index (χ2v) is 7.59. The van der Waals surface area contributed by atoms with Crippen LogP contribution in [0.4, 0.5) is 5.69 Å². The molecule has 3 aromatic carbocycles. The number of ether oxygens (including phenoxy) is 2. The van der Waals surface area contributed by atoms with Crippen LogP contribution in [0.3, 0.4) is 0 Å². The van der Waals surface area contributed by atoms with Gasteiger partial charge in [0.1, 0.15) is 5.75 Å². The van der Waals surface area contributed by atoms with E-state index in [4.69, 9.17) is 9.47 Å². The Kier molecular flexibility index (Phi) is 6.82. The van der Waals surface area contributed by atoms with E-state index in [0.29, 0.717) is 43.3 Å². The number of benzene rings is 3. The molecule has 1 fully saturated rings. The van der Waals surface area contributed by atoms with Crippen LogP contribution < -0.4 is 10.1 Å². The lowest BCUT2D eigenvalue weighted by molar-refractivity contribution is -0.122. The van der Waals surface area contributed by atoms with Gasteiger partial charge in [0.05, 0.1) is 24.5 Å². The lowest BCUT2D eigenvalue weighted by Crippen LogP contribution is -2.41. The Labute approximate surface area is 187 Å². The molecule has 1 aliphatic heterocycles. The molecule has 2 amide bonds. The van der Waals surface area contributed by atoms with Crippen LogP contribution in [-0.2, 0) is 9.53 Å². The Morgan fingerprint density at radius 3 is 2.22 bits per heavy atom. The number of para-hydroxylation sites is 1. The largest absolute Gasteiger partial charge is 0.481 e. The number of nitrogens with one attached hydrogen (secondary N) is 1. The number of morpholine rings is 1. The molecule has 3 aromatic rings. The van der Waals surface area contributed by atoms with Crippen LogP contribution in [0.25, 0.3) is 11.1 Å². The summed E-state index contributed by atoms with van der Waals surface area (Å²) in [6, 6.07) is 24.7. The molecule has 0 spiro atoms. The van der Waals surface area contributed by atoms with E-state index < -0.39 is 6.10 Å². The number of hydrogen-bond donors (Lipinski definition) is 1. The summed E-state index contributed by atoms with van der Waals surface area (Å²) in [7, 11) is 0. The number of anilines is 1. The van der Waals surface area contributed by atoms with Gasteiger partial charge in [-0.3, -0.25) is 9.59 Å².